The third-order valence-corrected chi connectivity index (χ3v) is 4.56. The molecule has 0 saturated carbocycles. The second-order valence-electron chi connectivity index (χ2n) is 6.22. The number of nitrogens with zero attached hydrogens (tertiary/aromatic N) is 1. The summed E-state index contributed by atoms with van der Waals surface area (Å²) in [5.41, 5.74) is 3.81. The molecule has 122 valence electrons. The minimum Gasteiger partial charge on any atom is -0.351 e. The van der Waals surface area contributed by atoms with Gasteiger partial charge in [-0.2, -0.15) is 0 Å². The molecule has 3 heterocycles. The van der Waals surface area contributed by atoms with Crippen LogP contribution in [0.1, 0.15) is 23.3 Å². The van der Waals surface area contributed by atoms with Gasteiger partial charge in [0.05, 0.1) is 0 Å². The first kappa shape index (κ1) is 14.9. The van der Waals surface area contributed by atoms with Gasteiger partial charge in [-0.05, 0) is 61.3 Å². The molecule has 1 amide bonds. The number of fused-ring (bicyclic) bond motifs is 1. The summed E-state index contributed by atoms with van der Waals surface area (Å²) >= 11 is 0. The Morgan fingerprint density at radius 2 is 1.83 bits per heavy atom. The number of amides is 1. The van der Waals surface area contributed by atoms with Crippen molar-refractivity contribution in [2.75, 3.05) is 13.1 Å². The summed E-state index contributed by atoms with van der Waals surface area (Å²) in [7, 11) is 0. The third-order valence-electron chi connectivity index (χ3n) is 4.56. The van der Waals surface area contributed by atoms with Crippen LogP contribution in [-0.4, -0.2) is 35.0 Å². The number of hydrogen-bond acceptors (Lipinski definition) is 3. The van der Waals surface area contributed by atoms with Crippen LogP contribution < -0.4 is 10.6 Å². The number of benzene rings is 1. The smallest absolute Gasteiger partial charge is 0.267 e. The molecule has 5 heteroatoms. The van der Waals surface area contributed by atoms with Gasteiger partial charge in [-0.25, -0.2) is 0 Å². The number of carbonyl (C=O) groups excluding carboxylic acids is 1. The molecule has 3 aromatic rings. The van der Waals surface area contributed by atoms with Crippen LogP contribution >= 0.6 is 0 Å². The molecule has 1 fully saturated rings. The number of hydrogen-bond donors (Lipinski definition) is 3. The molecule has 1 aromatic carbocycles. The Morgan fingerprint density at radius 1 is 1.04 bits per heavy atom. The SMILES string of the molecule is O=C(NC1CCNCC1)c1cc2ccc(-c3ccncc3)cc2[nH]1. The van der Waals surface area contributed by atoms with Gasteiger partial charge in [-0.3, -0.25) is 9.78 Å². The van der Waals surface area contributed by atoms with Crippen molar-refractivity contribution in [2.24, 2.45) is 0 Å². The van der Waals surface area contributed by atoms with E-state index in [2.05, 4.69) is 32.7 Å². The fraction of sp³-hybridized carbons (Fsp3) is 0.263. The minimum atomic E-state index is -0.0245. The van der Waals surface area contributed by atoms with Crippen molar-refractivity contribution in [3.8, 4) is 11.1 Å². The normalized spacial score (nSPS) is 15.5. The molecule has 1 aliphatic heterocycles. The molecule has 0 atom stereocenters. The van der Waals surface area contributed by atoms with Crippen molar-refractivity contribution in [1.82, 2.24) is 20.6 Å². The van der Waals surface area contributed by atoms with Gasteiger partial charge in [0.2, 0.25) is 0 Å². The van der Waals surface area contributed by atoms with E-state index in [0.29, 0.717) is 5.69 Å². The van der Waals surface area contributed by atoms with Gasteiger partial charge in [-0.1, -0.05) is 12.1 Å². The maximum Gasteiger partial charge on any atom is 0.267 e. The van der Waals surface area contributed by atoms with Crippen molar-refractivity contribution in [3.05, 3.63) is 54.5 Å². The predicted molar refractivity (Wildman–Crippen MR) is 94.9 cm³/mol. The van der Waals surface area contributed by atoms with Crippen LogP contribution in [0, 0.1) is 0 Å². The van der Waals surface area contributed by atoms with Crippen LogP contribution in [0.2, 0.25) is 0 Å². The van der Waals surface area contributed by atoms with Gasteiger partial charge < -0.3 is 15.6 Å². The first-order valence-electron chi connectivity index (χ1n) is 8.34. The number of rotatable bonds is 3. The summed E-state index contributed by atoms with van der Waals surface area (Å²) in [6.07, 6.45) is 5.54. The number of nitrogens with one attached hydrogen (secondary N) is 3. The maximum absolute atomic E-state index is 12.5. The fourth-order valence-corrected chi connectivity index (χ4v) is 3.20. The first-order valence-corrected chi connectivity index (χ1v) is 8.34. The maximum atomic E-state index is 12.5. The average molecular weight is 320 g/mol. The zero-order valence-electron chi connectivity index (χ0n) is 13.4. The summed E-state index contributed by atoms with van der Waals surface area (Å²) in [6, 6.07) is 12.3. The van der Waals surface area contributed by atoms with E-state index in [1.165, 1.54) is 0 Å². The van der Waals surface area contributed by atoms with Crippen LogP contribution in [-0.2, 0) is 0 Å². The molecule has 5 nitrogen and oxygen atoms in total. The topological polar surface area (TPSA) is 69.8 Å². The highest BCUT2D eigenvalue weighted by Crippen LogP contribution is 2.24. The number of aromatic amines is 1. The standard InChI is InChI=1S/C19H20N4O/c24-19(22-16-5-9-21-10-6-16)18-12-15-2-1-14(11-17(15)23-18)13-3-7-20-8-4-13/h1-4,7-8,11-12,16,21,23H,5-6,9-10H2,(H,22,24). The third kappa shape index (κ3) is 3.03. The second-order valence-corrected chi connectivity index (χ2v) is 6.22. The molecule has 0 unspecified atom stereocenters. The van der Waals surface area contributed by atoms with E-state index in [0.717, 1.165) is 48.0 Å². The summed E-state index contributed by atoms with van der Waals surface area (Å²) in [6.45, 7) is 1.93. The van der Waals surface area contributed by atoms with E-state index >= 15 is 0 Å². The van der Waals surface area contributed by atoms with Gasteiger partial charge >= 0.3 is 0 Å². The lowest BCUT2D eigenvalue weighted by atomic mass is 10.1. The van der Waals surface area contributed by atoms with E-state index in [9.17, 15) is 4.79 Å². The van der Waals surface area contributed by atoms with Gasteiger partial charge in [0.1, 0.15) is 5.69 Å². The second kappa shape index (κ2) is 6.45. The molecule has 1 aliphatic rings. The Hall–Kier alpha value is -2.66. The predicted octanol–water partition coefficient (Wildman–Crippen LogP) is 2.71. The molecular weight excluding hydrogens is 300 g/mol. The van der Waals surface area contributed by atoms with E-state index in [1.54, 1.807) is 12.4 Å². The van der Waals surface area contributed by atoms with Crippen LogP contribution in [0.25, 0.3) is 22.0 Å². The zero-order chi connectivity index (χ0) is 16.4. The molecule has 0 bridgehead atoms. The zero-order valence-corrected chi connectivity index (χ0v) is 13.4. The van der Waals surface area contributed by atoms with Crippen molar-refractivity contribution < 1.29 is 4.79 Å². The number of H-pyrrole nitrogens is 1. The van der Waals surface area contributed by atoms with Crippen molar-refractivity contribution in [2.45, 2.75) is 18.9 Å². The van der Waals surface area contributed by atoms with Gasteiger partial charge in [-0.15, -0.1) is 0 Å². The van der Waals surface area contributed by atoms with Crippen LogP contribution in [0.4, 0.5) is 0 Å². The van der Waals surface area contributed by atoms with Crippen LogP contribution in [0.3, 0.4) is 0 Å². The monoisotopic (exact) mass is 320 g/mol. The average Bonchev–Trinajstić information content (AvgIpc) is 3.07. The van der Waals surface area contributed by atoms with E-state index < -0.39 is 0 Å². The lowest BCUT2D eigenvalue weighted by molar-refractivity contribution is 0.0925. The van der Waals surface area contributed by atoms with Crippen molar-refractivity contribution in [3.63, 3.8) is 0 Å². The molecule has 24 heavy (non-hydrogen) atoms. The Balaban J connectivity index is 1.57. The molecule has 0 radical (unpaired) electrons. The first-order chi connectivity index (χ1) is 11.8. The molecule has 4 rings (SSSR count). The Morgan fingerprint density at radius 3 is 2.62 bits per heavy atom. The van der Waals surface area contributed by atoms with Crippen LogP contribution in [0.5, 0.6) is 0 Å². The summed E-state index contributed by atoms with van der Waals surface area (Å²) in [5.74, 6) is -0.0245. The molecule has 2 aromatic heterocycles. The number of pyridine rings is 1. The summed E-state index contributed by atoms with van der Waals surface area (Å²) in [4.78, 5) is 19.8. The van der Waals surface area contributed by atoms with E-state index in [4.69, 9.17) is 0 Å². The Labute approximate surface area is 140 Å². The highest BCUT2D eigenvalue weighted by molar-refractivity contribution is 5.99. The van der Waals surface area contributed by atoms with Crippen molar-refractivity contribution in [1.29, 1.82) is 0 Å². The van der Waals surface area contributed by atoms with E-state index in [-0.39, 0.29) is 11.9 Å². The Kier molecular flexibility index (Phi) is 4.01. The molecule has 1 saturated heterocycles. The Bertz CT molecular complexity index is 850. The fourth-order valence-electron chi connectivity index (χ4n) is 3.20. The van der Waals surface area contributed by atoms with Gasteiger partial charge in [0, 0.05) is 29.3 Å². The molecular formula is C19H20N4O. The molecule has 0 spiro atoms. The van der Waals surface area contributed by atoms with Crippen LogP contribution in [0.15, 0.2) is 48.8 Å². The largest absolute Gasteiger partial charge is 0.351 e. The highest BCUT2D eigenvalue weighted by Gasteiger charge is 2.17. The summed E-state index contributed by atoms with van der Waals surface area (Å²) in [5, 5.41) is 7.48. The number of piperidine rings is 1. The quantitative estimate of drug-likeness (QED) is 0.695. The molecule has 3 N–H and O–H groups in total. The van der Waals surface area contributed by atoms with Gasteiger partial charge in [0.15, 0.2) is 0 Å². The summed E-state index contributed by atoms with van der Waals surface area (Å²) < 4.78 is 0. The van der Waals surface area contributed by atoms with E-state index in [1.807, 2.05) is 24.3 Å². The number of aromatic nitrogens is 2. The van der Waals surface area contributed by atoms with Gasteiger partial charge in [0.25, 0.3) is 5.91 Å². The lowest BCUT2D eigenvalue weighted by Crippen LogP contribution is -2.42. The van der Waals surface area contributed by atoms with Crippen molar-refractivity contribution >= 4 is 16.8 Å². The highest BCUT2D eigenvalue weighted by atomic mass is 16.1. The minimum absolute atomic E-state index is 0.0245. The lowest BCUT2D eigenvalue weighted by Gasteiger charge is -2.23. The number of carbonyl (C=O) groups is 1. The molecule has 0 aliphatic carbocycles.